The number of carbonyl (C=O) groups excluding carboxylic acids is 1. The maximum atomic E-state index is 11.6. The Morgan fingerprint density at radius 2 is 1.90 bits per heavy atom. The van der Waals surface area contributed by atoms with Gasteiger partial charge in [-0.25, -0.2) is 9.78 Å². The molecular weight excluding hydrogens is 382 g/mol. The Balaban J connectivity index is 2.12. The number of aldehydes is 1. The zero-order valence-electron chi connectivity index (χ0n) is 17.3. The number of nitrogens with zero attached hydrogens (tertiary/aromatic N) is 1. The third-order valence-electron chi connectivity index (χ3n) is 5.13. The van der Waals surface area contributed by atoms with E-state index in [-0.39, 0.29) is 29.3 Å². The molecule has 0 unspecified atom stereocenters. The first-order valence-electron chi connectivity index (χ1n) is 10.2. The van der Waals surface area contributed by atoms with Gasteiger partial charge in [0.25, 0.3) is 0 Å². The minimum absolute atomic E-state index is 0.0365. The monoisotopic (exact) mass is 409 g/mol. The highest BCUT2D eigenvalue weighted by atomic mass is 16.5. The van der Waals surface area contributed by atoms with Crippen molar-refractivity contribution in [3.05, 3.63) is 47.2 Å². The Bertz CT molecular complexity index is 932. The lowest BCUT2D eigenvalue weighted by molar-refractivity contribution is 0.0696. The Kier molecular flexibility index (Phi) is 6.82. The van der Waals surface area contributed by atoms with E-state index in [0.29, 0.717) is 28.8 Å². The predicted octanol–water partition coefficient (Wildman–Crippen LogP) is 4.75. The molecule has 7 heteroatoms. The Hall–Kier alpha value is -3.22. The van der Waals surface area contributed by atoms with Crippen LogP contribution in [-0.4, -0.2) is 40.4 Å². The predicted molar refractivity (Wildman–Crippen MR) is 116 cm³/mol. The van der Waals surface area contributed by atoms with Crippen molar-refractivity contribution >= 4 is 24.0 Å². The summed E-state index contributed by atoms with van der Waals surface area (Å²) in [6.07, 6.45) is 5.96. The van der Waals surface area contributed by atoms with Crippen LogP contribution in [0.2, 0.25) is 0 Å². The SMILES string of the molecule is CC(C)OC(=N)c1c(-c2ccc(C(=O)O)cc2)cc(C=O)nc1NC1CCCCC1. The van der Waals surface area contributed by atoms with Crippen molar-refractivity contribution in [1.82, 2.24) is 4.98 Å². The number of carboxylic acids is 1. The fraction of sp³-hybridized carbons (Fsp3) is 0.391. The number of hydrogen-bond donors (Lipinski definition) is 3. The van der Waals surface area contributed by atoms with E-state index in [2.05, 4.69) is 10.3 Å². The molecule has 1 aromatic heterocycles. The third-order valence-corrected chi connectivity index (χ3v) is 5.13. The summed E-state index contributed by atoms with van der Waals surface area (Å²) < 4.78 is 5.68. The van der Waals surface area contributed by atoms with Gasteiger partial charge in [0.05, 0.1) is 17.2 Å². The maximum Gasteiger partial charge on any atom is 0.335 e. The molecule has 3 rings (SSSR count). The first kappa shape index (κ1) is 21.5. The summed E-state index contributed by atoms with van der Waals surface area (Å²) in [7, 11) is 0. The highest BCUT2D eigenvalue weighted by Crippen LogP contribution is 2.32. The van der Waals surface area contributed by atoms with Gasteiger partial charge in [-0.3, -0.25) is 10.2 Å². The lowest BCUT2D eigenvalue weighted by Crippen LogP contribution is -2.25. The second-order valence-corrected chi connectivity index (χ2v) is 7.79. The van der Waals surface area contributed by atoms with Gasteiger partial charge < -0.3 is 15.2 Å². The maximum absolute atomic E-state index is 11.6. The van der Waals surface area contributed by atoms with Crippen LogP contribution in [-0.2, 0) is 4.74 Å². The van der Waals surface area contributed by atoms with E-state index >= 15 is 0 Å². The van der Waals surface area contributed by atoms with Crippen LogP contribution in [0, 0.1) is 5.41 Å². The molecule has 0 radical (unpaired) electrons. The first-order chi connectivity index (χ1) is 14.4. The number of carboxylic acid groups (broad SMARTS) is 1. The minimum atomic E-state index is -1.01. The first-order valence-corrected chi connectivity index (χ1v) is 10.2. The molecule has 1 heterocycles. The molecule has 1 aliphatic carbocycles. The molecule has 158 valence electrons. The van der Waals surface area contributed by atoms with Crippen LogP contribution in [0.4, 0.5) is 5.82 Å². The summed E-state index contributed by atoms with van der Waals surface area (Å²) in [4.78, 5) is 27.2. The number of nitrogens with one attached hydrogen (secondary N) is 2. The zero-order chi connectivity index (χ0) is 21.7. The molecule has 0 aliphatic heterocycles. The van der Waals surface area contributed by atoms with E-state index in [1.165, 1.54) is 18.6 Å². The number of pyridine rings is 1. The second-order valence-electron chi connectivity index (χ2n) is 7.79. The Morgan fingerprint density at radius 1 is 1.23 bits per heavy atom. The number of aromatic carboxylic acids is 1. The summed E-state index contributed by atoms with van der Waals surface area (Å²) in [5, 5.41) is 21.2. The number of carbonyl (C=O) groups is 2. The molecule has 0 atom stereocenters. The fourth-order valence-corrected chi connectivity index (χ4v) is 3.71. The van der Waals surface area contributed by atoms with Crippen LogP contribution in [0.3, 0.4) is 0 Å². The van der Waals surface area contributed by atoms with Gasteiger partial charge in [0.1, 0.15) is 11.5 Å². The molecule has 0 spiro atoms. The van der Waals surface area contributed by atoms with Crippen LogP contribution in [0.15, 0.2) is 30.3 Å². The Labute approximate surface area is 176 Å². The van der Waals surface area contributed by atoms with Gasteiger partial charge in [0.15, 0.2) is 6.29 Å². The quantitative estimate of drug-likeness (QED) is 0.345. The molecular formula is C23H27N3O4. The highest BCUT2D eigenvalue weighted by molar-refractivity contribution is 6.04. The number of aromatic nitrogens is 1. The zero-order valence-corrected chi connectivity index (χ0v) is 17.3. The summed E-state index contributed by atoms with van der Waals surface area (Å²) >= 11 is 0. The molecule has 0 bridgehead atoms. The van der Waals surface area contributed by atoms with Gasteiger partial charge in [-0.1, -0.05) is 31.4 Å². The van der Waals surface area contributed by atoms with Crippen molar-refractivity contribution < 1.29 is 19.4 Å². The average Bonchev–Trinajstić information content (AvgIpc) is 2.73. The van der Waals surface area contributed by atoms with Crippen molar-refractivity contribution in [2.24, 2.45) is 0 Å². The van der Waals surface area contributed by atoms with E-state index in [4.69, 9.17) is 10.1 Å². The van der Waals surface area contributed by atoms with E-state index in [0.717, 1.165) is 25.7 Å². The number of benzene rings is 1. The van der Waals surface area contributed by atoms with E-state index in [1.54, 1.807) is 18.2 Å². The smallest absolute Gasteiger partial charge is 0.335 e. The fourth-order valence-electron chi connectivity index (χ4n) is 3.71. The summed E-state index contributed by atoms with van der Waals surface area (Å²) in [6.45, 7) is 3.69. The summed E-state index contributed by atoms with van der Waals surface area (Å²) in [5.41, 5.74) is 2.17. The summed E-state index contributed by atoms with van der Waals surface area (Å²) in [5.74, 6) is -0.597. The molecule has 2 aromatic rings. The van der Waals surface area contributed by atoms with Gasteiger partial charge in [-0.15, -0.1) is 0 Å². The molecule has 1 saturated carbocycles. The van der Waals surface area contributed by atoms with E-state index in [9.17, 15) is 14.7 Å². The van der Waals surface area contributed by atoms with Gasteiger partial charge in [-0.2, -0.15) is 0 Å². The van der Waals surface area contributed by atoms with Gasteiger partial charge in [0.2, 0.25) is 5.90 Å². The lowest BCUT2D eigenvalue weighted by Gasteiger charge is -2.26. The van der Waals surface area contributed by atoms with Crippen molar-refractivity contribution in [2.75, 3.05) is 5.32 Å². The van der Waals surface area contributed by atoms with Crippen LogP contribution >= 0.6 is 0 Å². The lowest BCUT2D eigenvalue weighted by atomic mass is 9.94. The van der Waals surface area contributed by atoms with Gasteiger partial charge in [-0.05, 0) is 50.5 Å². The standard InChI is InChI=1S/C23H27N3O4/c1-14(2)30-21(24)20-19(15-8-10-16(11-9-15)23(28)29)12-18(13-27)26-22(20)25-17-6-4-3-5-7-17/h8-14,17,24H,3-7H2,1-2H3,(H,25,26)(H,28,29). The minimum Gasteiger partial charge on any atom is -0.478 e. The number of ether oxygens (including phenoxy) is 1. The molecule has 1 aliphatic rings. The molecule has 3 N–H and O–H groups in total. The van der Waals surface area contributed by atoms with E-state index in [1.807, 2.05) is 13.8 Å². The van der Waals surface area contributed by atoms with Crippen molar-refractivity contribution in [2.45, 2.75) is 58.1 Å². The number of hydrogen-bond acceptors (Lipinski definition) is 6. The van der Waals surface area contributed by atoms with Crippen molar-refractivity contribution in [3.8, 4) is 11.1 Å². The summed E-state index contributed by atoms with van der Waals surface area (Å²) in [6, 6.07) is 8.18. The Morgan fingerprint density at radius 3 is 2.47 bits per heavy atom. The molecule has 0 amide bonds. The molecule has 30 heavy (non-hydrogen) atoms. The second kappa shape index (κ2) is 9.52. The normalized spacial score (nSPS) is 14.4. The average molecular weight is 409 g/mol. The van der Waals surface area contributed by atoms with Crippen molar-refractivity contribution in [1.29, 1.82) is 5.41 Å². The molecule has 7 nitrogen and oxygen atoms in total. The molecule has 0 saturated heterocycles. The number of rotatable bonds is 7. The van der Waals surface area contributed by atoms with Crippen LogP contribution < -0.4 is 5.32 Å². The van der Waals surface area contributed by atoms with E-state index < -0.39 is 5.97 Å². The van der Waals surface area contributed by atoms with Crippen LogP contribution in [0.25, 0.3) is 11.1 Å². The topological polar surface area (TPSA) is 112 Å². The largest absolute Gasteiger partial charge is 0.478 e. The van der Waals surface area contributed by atoms with Crippen LogP contribution in [0.5, 0.6) is 0 Å². The highest BCUT2D eigenvalue weighted by Gasteiger charge is 2.23. The third kappa shape index (κ3) is 5.03. The van der Waals surface area contributed by atoms with Crippen LogP contribution in [0.1, 0.15) is 72.4 Å². The molecule has 1 aromatic carbocycles. The number of anilines is 1. The van der Waals surface area contributed by atoms with Gasteiger partial charge in [0, 0.05) is 11.6 Å². The van der Waals surface area contributed by atoms with Gasteiger partial charge >= 0.3 is 5.97 Å². The van der Waals surface area contributed by atoms with Crippen molar-refractivity contribution in [3.63, 3.8) is 0 Å². The molecule has 1 fully saturated rings.